The number of carbonyl (C=O) groups is 1. The highest BCUT2D eigenvalue weighted by atomic mass is 35.5. The van der Waals surface area contributed by atoms with Crippen LogP contribution in [0.15, 0.2) is 18.2 Å². The first-order valence-corrected chi connectivity index (χ1v) is 5.83. The van der Waals surface area contributed by atoms with E-state index in [0.29, 0.717) is 11.4 Å². The predicted molar refractivity (Wildman–Crippen MR) is 71.4 cm³/mol. The largest absolute Gasteiger partial charge is 0.507 e. The van der Waals surface area contributed by atoms with Crippen molar-refractivity contribution in [1.82, 2.24) is 5.32 Å². The monoisotopic (exact) mass is 272 g/mol. The van der Waals surface area contributed by atoms with Gasteiger partial charge in [-0.2, -0.15) is 0 Å². The topological polar surface area (TPSA) is 75.3 Å². The molecule has 1 atom stereocenters. The number of nitrogens with one attached hydrogen (secondary N) is 1. The molecule has 0 spiro atoms. The Morgan fingerprint density at radius 2 is 2.29 bits per heavy atom. The molecular formula is C11H13ClN2O2S. The number of phenolic OH excluding ortho intramolecular Hbond substituents is 1. The van der Waals surface area contributed by atoms with Crippen LogP contribution in [0.2, 0.25) is 5.02 Å². The van der Waals surface area contributed by atoms with Gasteiger partial charge in [0.05, 0.1) is 16.6 Å². The molecule has 0 saturated carbocycles. The Kier molecular flexibility index (Phi) is 4.72. The molecule has 6 heteroatoms. The first kappa shape index (κ1) is 13.7. The summed E-state index contributed by atoms with van der Waals surface area (Å²) in [4.78, 5) is 12.0. The number of phenols is 1. The quantitative estimate of drug-likeness (QED) is 0.731. The van der Waals surface area contributed by atoms with E-state index in [1.807, 2.05) is 6.92 Å². The van der Waals surface area contributed by atoms with Crippen LogP contribution in [0.1, 0.15) is 23.7 Å². The van der Waals surface area contributed by atoms with Crippen LogP contribution in [0.25, 0.3) is 0 Å². The number of carbonyl (C=O) groups excluding carboxylic acids is 1. The van der Waals surface area contributed by atoms with Crippen molar-refractivity contribution < 1.29 is 9.90 Å². The number of aromatic hydroxyl groups is 1. The van der Waals surface area contributed by atoms with Crippen LogP contribution in [0, 0.1) is 0 Å². The third-order valence-corrected chi connectivity index (χ3v) is 2.78. The molecule has 1 unspecified atom stereocenters. The summed E-state index contributed by atoms with van der Waals surface area (Å²) in [5.74, 6) is -0.605. The highest BCUT2D eigenvalue weighted by Crippen LogP contribution is 2.21. The second-order valence-corrected chi connectivity index (χ2v) is 4.41. The number of thiocarbonyl (C=S) groups is 1. The lowest BCUT2D eigenvalue weighted by molar-refractivity contribution is 0.0944. The van der Waals surface area contributed by atoms with Crippen LogP contribution in [-0.4, -0.2) is 22.0 Å². The summed E-state index contributed by atoms with van der Waals surface area (Å²) >= 11 is 10.5. The zero-order chi connectivity index (χ0) is 13.0. The van der Waals surface area contributed by atoms with E-state index in [-0.39, 0.29) is 22.3 Å². The molecule has 0 radical (unpaired) electrons. The second-order valence-electron chi connectivity index (χ2n) is 3.50. The summed E-state index contributed by atoms with van der Waals surface area (Å²) in [5, 5.41) is 12.6. The lowest BCUT2D eigenvalue weighted by atomic mass is 10.1. The summed E-state index contributed by atoms with van der Waals surface area (Å²) in [5.41, 5.74) is 5.61. The van der Waals surface area contributed by atoms with Gasteiger partial charge in [-0.25, -0.2) is 0 Å². The summed E-state index contributed by atoms with van der Waals surface area (Å²) in [7, 11) is 0. The van der Waals surface area contributed by atoms with E-state index in [2.05, 4.69) is 5.32 Å². The fraction of sp³-hybridized carbons (Fsp3) is 0.273. The first-order valence-electron chi connectivity index (χ1n) is 5.04. The number of amides is 1. The zero-order valence-corrected chi connectivity index (χ0v) is 10.8. The Morgan fingerprint density at radius 1 is 1.65 bits per heavy atom. The maximum atomic E-state index is 11.8. The van der Waals surface area contributed by atoms with Gasteiger partial charge in [0.25, 0.3) is 5.91 Å². The van der Waals surface area contributed by atoms with E-state index in [0.717, 1.165) is 0 Å². The van der Waals surface area contributed by atoms with Crippen LogP contribution in [-0.2, 0) is 0 Å². The normalized spacial score (nSPS) is 11.9. The van der Waals surface area contributed by atoms with Crippen LogP contribution >= 0.6 is 23.8 Å². The van der Waals surface area contributed by atoms with Crippen LogP contribution in [0.5, 0.6) is 5.75 Å². The summed E-state index contributed by atoms with van der Waals surface area (Å²) in [6, 6.07) is 3.89. The van der Waals surface area contributed by atoms with Gasteiger partial charge in [0.1, 0.15) is 5.75 Å². The van der Waals surface area contributed by atoms with Crippen molar-refractivity contribution in [2.45, 2.75) is 19.4 Å². The minimum absolute atomic E-state index is 0.143. The van der Waals surface area contributed by atoms with Crippen molar-refractivity contribution in [1.29, 1.82) is 0 Å². The number of halogens is 1. The SMILES string of the molecule is CCC(NC(=O)c1ccc(Cl)cc1O)C(N)=S. The van der Waals surface area contributed by atoms with Gasteiger partial charge in [0.2, 0.25) is 0 Å². The molecule has 4 N–H and O–H groups in total. The first-order chi connectivity index (χ1) is 7.95. The van der Waals surface area contributed by atoms with Crippen molar-refractivity contribution in [2.75, 3.05) is 0 Å². The number of benzene rings is 1. The van der Waals surface area contributed by atoms with E-state index in [1.165, 1.54) is 18.2 Å². The average Bonchev–Trinajstić information content (AvgIpc) is 2.24. The minimum atomic E-state index is -0.432. The number of nitrogens with two attached hydrogens (primary N) is 1. The van der Waals surface area contributed by atoms with Gasteiger partial charge in [-0.3, -0.25) is 4.79 Å². The molecule has 1 amide bonds. The van der Waals surface area contributed by atoms with Crippen LogP contribution < -0.4 is 11.1 Å². The predicted octanol–water partition coefficient (Wildman–Crippen LogP) is 1.84. The molecule has 0 bridgehead atoms. The number of rotatable bonds is 4. The highest BCUT2D eigenvalue weighted by molar-refractivity contribution is 7.80. The maximum absolute atomic E-state index is 11.8. The van der Waals surface area contributed by atoms with E-state index in [4.69, 9.17) is 29.6 Å². The van der Waals surface area contributed by atoms with Gasteiger partial charge in [0.15, 0.2) is 0 Å². The molecule has 0 aliphatic rings. The molecule has 17 heavy (non-hydrogen) atoms. The van der Waals surface area contributed by atoms with Crippen LogP contribution in [0.3, 0.4) is 0 Å². The van der Waals surface area contributed by atoms with Gasteiger partial charge in [0, 0.05) is 5.02 Å². The third-order valence-electron chi connectivity index (χ3n) is 2.26. The van der Waals surface area contributed by atoms with Crippen molar-refractivity contribution in [3.05, 3.63) is 28.8 Å². The van der Waals surface area contributed by atoms with Gasteiger partial charge >= 0.3 is 0 Å². The molecular weight excluding hydrogens is 260 g/mol. The van der Waals surface area contributed by atoms with E-state index < -0.39 is 5.91 Å². The fourth-order valence-corrected chi connectivity index (χ4v) is 1.70. The lowest BCUT2D eigenvalue weighted by Gasteiger charge is -2.15. The van der Waals surface area contributed by atoms with Gasteiger partial charge in [-0.05, 0) is 24.6 Å². The molecule has 0 heterocycles. The van der Waals surface area contributed by atoms with Crippen LogP contribution in [0.4, 0.5) is 0 Å². The third kappa shape index (κ3) is 3.57. The second kappa shape index (κ2) is 5.84. The van der Waals surface area contributed by atoms with Crippen molar-refractivity contribution in [3.8, 4) is 5.75 Å². The molecule has 0 aromatic heterocycles. The molecule has 1 aromatic carbocycles. The van der Waals surface area contributed by atoms with Crippen molar-refractivity contribution in [3.63, 3.8) is 0 Å². The van der Waals surface area contributed by atoms with Gasteiger partial charge < -0.3 is 16.2 Å². The Balaban J connectivity index is 2.86. The molecule has 1 aromatic rings. The lowest BCUT2D eigenvalue weighted by Crippen LogP contribution is -2.43. The van der Waals surface area contributed by atoms with E-state index >= 15 is 0 Å². The highest BCUT2D eigenvalue weighted by Gasteiger charge is 2.16. The Bertz CT molecular complexity index is 451. The Labute approximate surface area is 110 Å². The number of hydrogen-bond acceptors (Lipinski definition) is 3. The molecule has 0 saturated heterocycles. The summed E-state index contributed by atoms with van der Waals surface area (Å²) in [6.07, 6.45) is 0.593. The van der Waals surface area contributed by atoms with Gasteiger partial charge in [-0.15, -0.1) is 0 Å². The maximum Gasteiger partial charge on any atom is 0.255 e. The molecule has 0 fully saturated rings. The standard InChI is InChI=1S/C11H13ClN2O2S/c1-2-8(10(13)17)14-11(16)7-4-3-6(12)5-9(7)15/h3-5,8,15H,2H2,1H3,(H2,13,17)(H,14,16). The van der Waals surface area contributed by atoms with E-state index in [1.54, 1.807) is 0 Å². The van der Waals surface area contributed by atoms with Gasteiger partial charge in [-0.1, -0.05) is 30.7 Å². The molecule has 0 aliphatic carbocycles. The summed E-state index contributed by atoms with van der Waals surface area (Å²) in [6.45, 7) is 1.85. The minimum Gasteiger partial charge on any atom is -0.507 e. The average molecular weight is 273 g/mol. The molecule has 92 valence electrons. The smallest absolute Gasteiger partial charge is 0.255 e. The molecule has 0 aliphatic heterocycles. The van der Waals surface area contributed by atoms with Crippen molar-refractivity contribution in [2.24, 2.45) is 5.73 Å². The molecule has 1 rings (SSSR count). The molecule has 4 nitrogen and oxygen atoms in total. The zero-order valence-electron chi connectivity index (χ0n) is 9.24. The number of hydrogen-bond donors (Lipinski definition) is 3. The fourth-order valence-electron chi connectivity index (χ4n) is 1.31. The van der Waals surface area contributed by atoms with Crippen molar-refractivity contribution >= 4 is 34.7 Å². The Hall–Kier alpha value is -1.33. The Morgan fingerprint density at radius 3 is 2.76 bits per heavy atom. The van der Waals surface area contributed by atoms with E-state index in [9.17, 15) is 9.90 Å². The summed E-state index contributed by atoms with van der Waals surface area (Å²) < 4.78 is 0.